The Kier molecular flexibility index (Phi) is 16.3. The molecule has 3 saturated heterocycles. The molecule has 0 radical (unpaired) electrons. The number of carbonyl (C=O) groups is 5. The van der Waals surface area contributed by atoms with E-state index in [4.69, 9.17) is 23.7 Å². The summed E-state index contributed by atoms with van der Waals surface area (Å²) in [6.45, 7) is 12.5. The number of alkyl halides is 1. The van der Waals surface area contributed by atoms with Gasteiger partial charge in [0.25, 0.3) is 11.6 Å². The highest BCUT2D eigenvalue weighted by Gasteiger charge is 2.62. The number of rotatable bonds is 12. The van der Waals surface area contributed by atoms with Crippen molar-refractivity contribution in [3.63, 3.8) is 0 Å². The van der Waals surface area contributed by atoms with Crippen molar-refractivity contribution >= 4 is 52.2 Å². The van der Waals surface area contributed by atoms with Gasteiger partial charge in [-0.05, 0) is 91.2 Å². The van der Waals surface area contributed by atoms with Crippen LogP contribution in [0.5, 0.6) is 0 Å². The van der Waals surface area contributed by atoms with Crippen molar-refractivity contribution in [3.8, 4) is 0 Å². The summed E-state index contributed by atoms with van der Waals surface area (Å²) >= 11 is 0. The maximum Gasteiger partial charge on any atom is 0.410 e. The van der Waals surface area contributed by atoms with Crippen LogP contribution in [0.4, 0.5) is 14.9 Å². The lowest BCUT2D eigenvalue weighted by Gasteiger charge is -2.47. The number of pyridine rings is 1. The van der Waals surface area contributed by atoms with Gasteiger partial charge in [-0.3, -0.25) is 19.4 Å². The van der Waals surface area contributed by atoms with Crippen molar-refractivity contribution in [2.24, 2.45) is 17.8 Å². The number of ketones is 2. The van der Waals surface area contributed by atoms with E-state index in [1.807, 2.05) is 80.5 Å². The molecule has 16 heteroatoms. The van der Waals surface area contributed by atoms with E-state index in [1.54, 1.807) is 57.9 Å². The molecule has 1 aromatic heterocycles. The van der Waals surface area contributed by atoms with Gasteiger partial charge in [-0.1, -0.05) is 76.2 Å². The number of benzene rings is 2. The molecule has 4 heterocycles. The van der Waals surface area contributed by atoms with E-state index in [9.17, 15) is 29.1 Å². The predicted molar refractivity (Wildman–Crippen MR) is 254 cm³/mol. The summed E-state index contributed by atoms with van der Waals surface area (Å²) in [5, 5.41) is 12.2. The maximum atomic E-state index is 17.1. The molecule has 2 amide bonds. The Balaban J connectivity index is 1.36. The monoisotopic (exact) mass is 944 g/mol. The van der Waals surface area contributed by atoms with Gasteiger partial charge in [0.05, 0.1) is 35.1 Å². The van der Waals surface area contributed by atoms with E-state index in [1.165, 1.54) is 25.0 Å². The zero-order valence-electron chi connectivity index (χ0n) is 41.2. The Morgan fingerprint density at radius 2 is 1.66 bits per heavy atom. The number of Topliss-reactive ketones (excluding diaryl/α,β-unsaturated/α-hetero) is 2. The first-order valence-corrected chi connectivity index (χ1v) is 23.7. The number of methoxy groups -OCH3 is 1. The van der Waals surface area contributed by atoms with E-state index >= 15 is 4.39 Å². The van der Waals surface area contributed by atoms with E-state index in [2.05, 4.69) is 4.98 Å². The van der Waals surface area contributed by atoms with Crippen LogP contribution in [0.2, 0.25) is 0 Å². The summed E-state index contributed by atoms with van der Waals surface area (Å²) in [7, 11) is 5.02. The van der Waals surface area contributed by atoms with Crippen LogP contribution in [0, 0.1) is 17.8 Å². The van der Waals surface area contributed by atoms with Gasteiger partial charge in [0.2, 0.25) is 0 Å². The fraction of sp³-hybridized carbons (Fsp3) is 0.577. The first kappa shape index (κ1) is 52.2. The van der Waals surface area contributed by atoms with Gasteiger partial charge in [0.15, 0.2) is 17.7 Å². The van der Waals surface area contributed by atoms with E-state index in [-0.39, 0.29) is 56.2 Å². The number of amides is 2. The highest BCUT2D eigenvalue weighted by atomic mass is 19.1. The summed E-state index contributed by atoms with van der Waals surface area (Å²) < 4.78 is 47.9. The number of aromatic nitrogens is 1. The van der Waals surface area contributed by atoms with Crippen molar-refractivity contribution in [3.05, 3.63) is 78.5 Å². The Labute approximate surface area is 399 Å². The normalized spacial score (nSPS) is 34.2. The standard InChI is InChI=1S/C52H69FN4O11/c1-12-40-52(8)44(57(49(63)68-52)28-18-27-56(41(58)24-23-35-19-14-13-15-20-35)38-25-26-54-37-22-17-16-21-36(37)38)33(4)42(59)31(2)30-50(6,64-11)46(34(5)45(61)51(7,53)48(62)66-40)67-47-43(60)39(55(9)10)29-32(3)65-47/h13-17,19-26,31-34,39-40,43-44,46-47,60H,12,18,27-30H2,1-11H3/b24-23+/t31-,32-,33+,34+,39+,40-,43-,44-,46-,47+,50+,51+,52-/m1/s1. The third kappa shape index (κ3) is 10.5. The van der Waals surface area contributed by atoms with Crippen LogP contribution in [0.15, 0.2) is 72.9 Å². The third-order valence-corrected chi connectivity index (χ3v) is 14.4. The molecule has 6 rings (SSSR count). The van der Waals surface area contributed by atoms with Crippen molar-refractivity contribution < 1.29 is 57.2 Å². The molecule has 3 fully saturated rings. The minimum atomic E-state index is -3.23. The maximum absolute atomic E-state index is 17.1. The Bertz CT molecular complexity index is 2320. The summed E-state index contributed by atoms with van der Waals surface area (Å²) in [5.74, 6) is -6.47. The van der Waals surface area contributed by atoms with Crippen LogP contribution in [-0.4, -0.2) is 143 Å². The number of esters is 1. The SMILES string of the molecule is CC[C@H]1OC(=O)[C@@](C)(F)C(=O)[C@H](C)[C@@H](O[C@@H]2O[C@H](C)C[C@H](N(C)C)[C@H]2O)[C@@](C)(OC)C[C@@H](C)C(=O)[C@H](C)[C@H]2N(CCCN(C(=O)/C=C/c3ccccc3)c3ccnc4ccccc34)C(=O)O[C@]12C. The largest absolute Gasteiger partial charge is 0.455 e. The highest BCUT2D eigenvalue weighted by molar-refractivity contribution is 6.09. The molecule has 15 nitrogen and oxygen atoms in total. The average molecular weight is 945 g/mol. The number of aliphatic hydroxyl groups excluding tert-OH is 1. The fourth-order valence-corrected chi connectivity index (χ4v) is 10.6. The molecule has 1 N–H and O–H groups in total. The number of aliphatic hydroxyl groups is 1. The lowest BCUT2D eigenvalue weighted by Crippen LogP contribution is -2.61. The van der Waals surface area contributed by atoms with E-state index in [0.29, 0.717) is 17.6 Å². The molecule has 0 saturated carbocycles. The molecule has 13 atom stereocenters. The molecule has 68 heavy (non-hydrogen) atoms. The number of nitrogens with zero attached hydrogens (tertiary/aromatic N) is 4. The molecule has 370 valence electrons. The Morgan fingerprint density at radius 1 is 0.985 bits per heavy atom. The number of para-hydroxylation sites is 1. The van der Waals surface area contributed by atoms with Crippen LogP contribution in [0.25, 0.3) is 17.0 Å². The summed E-state index contributed by atoms with van der Waals surface area (Å²) in [5.41, 5.74) is -4.32. The quantitative estimate of drug-likeness (QED) is 0.112. The molecule has 0 unspecified atom stereocenters. The van der Waals surface area contributed by atoms with Crippen LogP contribution >= 0.6 is 0 Å². The van der Waals surface area contributed by atoms with Crippen LogP contribution < -0.4 is 4.90 Å². The van der Waals surface area contributed by atoms with Gasteiger partial charge in [0.1, 0.15) is 18.0 Å². The van der Waals surface area contributed by atoms with Crippen molar-refractivity contribution in [2.45, 2.75) is 141 Å². The molecule has 0 aliphatic carbocycles. The first-order chi connectivity index (χ1) is 32.1. The number of anilines is 1. The number of fused-ring (bicyclic) bond motifs is 2. The third-order valence-electron chi connectivity index (χ3n) is 14.4. The summed E-state index contributed by atoms with van der Waals surface area (Å²) in [6, 6.07) is 17.2. The minimum absolute atomic E-state index is 0.00325. The van der Waals surface area contributed by atoms with Crippen molar-refractivity contribution in [1.82, 2.24) is 14.8 Å². The van der Waals surface area contributed by atoms with Crippen LogP contribution in [-0.2, 0) is 42.9 Å². The number of carbonyl (C=O) groups excluding carboxylic acids is 5. The van der Waals surface area contributed by atoms with Gasteiger partial charge >= 0.3 is 12.1 Å². The molecule has 3 aromatic rings. The fourth-order valence-electron chi connectivity index (χ4n) is 10.6. The summed E-state index contributed by atoms with van der Waals surface area (Å²) in [6.07, 6.45) is -0.775. The second-order valence-electron chi connectivity index (χ2n) is 19.5. The number of ether oxygens (including phenoxy) is 5. The van der Waals surface area contributed by atoms with Crippen molar-refractivity contribution in [2.75, 3.05) is 39.2 Å². The second-order valence-corrected chi connectivity index (χ2v) is 19.5. The number of halogens is 1. The average Bonchev–Trinajstić information content (AvgIpc) is 3.58. The van der Waals surface area contributed by atoms with Gasteiger partial charge in [-0.25, -0.2) is 14.0 Å². The minimum Gasteiger partial charge on any atom is -0.455 e. The Morgan fingerprint density at radius 3 is 2.32 bits per heavy atom. The molecule has 3 aliphatic rings. The van der Waals surface area contributed by atoms with Crippen LogP contribution in [0.1, 0.15) is 86.6 Å². The molecule has 2 aromatic carbocycles. The zero-order valence-corrected chi connectivity index (χ0v) is 41.2. The molecule has 0 spiro atoms. The molecular weight excluding hydrogens is 876 g/mol. The van der Waals surface area contributed by atoms with Gasteiger partial charge < -0.3 is 43.5 Å². The van der Waals surface area contributed by atoms with Crippen LogP contribution in [0.3, 0.4) is 0 Å². The van der Waals surface area contributed by atoms with Gasteiger partial charge in [0, 0.05) is 61.7 Å². The number of hydrogen-bond donors (Lipinski definition) is 1. The molecular formula is C52H69FN4O11. The molecule has 3 aliphatic heterocycles. The highest BCUT2D eigenvalue weighted by Crippen LogP contribution is 2.44. The van der Waals surface area contributed by atoms with E-state index in [0.717, 1.165) is 17.9 Å². The number of likely N-dealkylation sites (N-methyl/N-ethyl adjacent to an activating group) is 1. The predicted octanol–water partition coefficient (Wildman–Crippen LogP) is 6.97. The second kappa shape index (κ2) is 21.2. The Hall–Kier alpha value is -5.13. The van der Waals surface area contributed by atoms with Crippen molar-refractivity contribution in [1.29, 1.82) is 0 Å². The first-order valence-electron chi connectivity index (χ1n) is 23.7. The summed E-state index contributed by atoms with van der Waals surface area (Å²) in [4.78, 5) is 81.3. The number of cyclic esters (lactones) is 1. The molecule has 0 bridgehead atoms. The van der Waals surface area contributed by atoms with E-state index < -0.39 is 83.1 Å². The van der Waals surface area contributed by atoms with Gasteiger partial charge in [-0.2, -0.15) is 0 Å². The topological polar surface area (TPSA) is 174 Å². The zero-order chi connectivity index (χ0) is 49.9. The lowest BCUT2D eigenvalue weighted by molar-refractivity contribution is -0.295. The lowest BCUT2D eigenvalue weighted by atomic mass is 9.73. The van der Waals surface area contributed by atoms with Gasteiger partial charge in [-0.15, -0.1) is 0 Å². The smallest absolute Gasteiger partial charge is 0.410 e. The number of hydrogen-bond acceptors (Lipinski definition) is 13.